The van der Waals surface area contributed by atoms with Gasteiger partial charge in [-0.25, -0.2) is 9.97 Å². The Bertz CT molecular complexity index is 766. The van der Waals surface area contributed by atoms with Crippen LogP contribution in [0.15, 0.2) is 16.8 Å². The molecule has 1 aliphatic carbocycles. The second kappa shape index (κ2) is 6.00. The van der Waals surface area contributed by atoms with E-state index < -0.39 is 0 Å². The Kier molecular flexibility index (Phi) is 3.82. The van der Waals surface area contributed by atoms with Gasteiger partial charge < -0.3 is 9.42 Å². The van der Waals surface area contributed by atoms with E-state index in [1.807, 2.05) is 31.0 Å². The molecule has 4 rings (SSSR count). The van der Waals surface area contributed by atoms with E-state index in [4.69, 9.17) is 9.51 Å². The number of likely N-dealkylation sites (tertiary alicyclic amines) is 1. The molecular formula is C18H22N4O2. The molecule has 1 aliphatic heterocycles. The van der Waals surface area contributed by atoms with Gasteiger partial charge in [0.15, 0.2) is 5.76 Å². The first-order valence-electron chi connectivity index (χ1n) is 8.68. The zero-order valence-electron chi connectivity index (χ0n) is 14.2. The van der Waals surface area contributed by atoms with Crippen LogP contribution in [0.1, 0.15) is 48.8 Å². The average molecular weight is 326 g/mol. The maximum Gasteiger partial charge on any atom is 0.225 e. The highest BCUT2D eigenvalue weighted by atomic mass is 16.5. The minimum absolute atomic E-state index is 0.226. The second-order valence-corrected chi connectivity index (χ2v) is 6.95. The first-order chi connectivity index (χ1) is 11.6. The van der Waals surface area contributed by atoms with Gasteiger partial charge in [0.2, 0.25) is 5.91 Å². The summed E-state index contributed by atoms with van der Waals surface area (Å²) >= 11 is 0. The van der Waals surface area contributed by atoms with Crippen LogP contribution in [-0.2, 0) is 4.79 Å². The molecule has 2 aromatic rings. The van der Waals surface area contributed by atoms with Crippen LogP contribution in [0.2, 0.25) is 0 Å². The lowest BCUT2D eigenvalue weighted by molar-refractivity contribution is -0.133. The smallest absolute Gasteiger partial charge is 0.225 e. The average Bonchev–Trinajstić information content (AvgIpc) is 3.36. The van der Waals surface area contributed by atoms with E-state index in [2.05, 4.69) is 10.1 Å². The van der Waals surface area contributed by atoms with Crippen molar-refractivity contribution in [3.63, 3.8) is 0 Å². The van der Waals surface area contributed by atoms with Gasteiger partial charge in [-0.15, -0.1) is 0 Å². The van der Waals surface area contributed by atoms with Crippen LogP contribution in [0.3, 0.4) is 0 Å². The predicted octanol–water partition coefficient (Wildman–Crippen LogP) is 2.86. The largest absolute Gasteiger partial charge is 0.356 e. The van der Waals surface area contributed by atoms with Gasteiger partial charge in [0.1, 0.15) is 5.82 Å². The van der Waals surface area contributed by atoms with Crippen molar-refractivity contribution in [2.45, 2.75) is 45.4 Å². The molecule has 0 radical (unpaired) electrons. The monoisotopic (exact) mass is 326 g/mol. The zero-order valence-corrected chi connectivity index (χ0v) is 14.2. The maximum atomic E-state index is 12.4. The molecule has 1 atom stereocenters. The normalized spacial score (nSPS) is 21.1. The Morgan fingerprint density at radius 3 is 2.83 bits per heavy atom. The van der Waals surface area contributed by atoms with Gasteiger partial charge in [-0.1, -0.05) is 5.16 Å². The molecule has 0 bridgehead atoms. The molecule has 0 aromatic carbocycles. The fraction of sp³-hybridized carbons (Fsp3) is 0.556. The SMILES string of the molecule is Cc1cc(-c2cnc(C)nc2[C@H]2CCCN(C(=O)C3CC3)C2)on1. The van der Waals surface area contributed by atoms with Crippen molar-refractivity contribution >= 4 is 5.91 Å². The van der Waals surface area contributed by atoms with Gasteiger partial charge in [0.05, 0.1) is 17.0 Å². The van der Waals surface area contributed by atoms with Crippen LogP contribution in [0.5, 0.6) is 0 Å². The summed E-state index contributed by atoms with van der Waals surface area (Å²) in [6.45, 7) is 5.41. The topological polar surface area (TPSA) is 72.1 Å². The molecule has 24 heavy (non-hydrogen) atoms. The summed E-state index contributed by atoms with van der Waals surface area (Å²) in [6, 6.07) is 1.91. The first kappa shape index (κ1) is 15.3. The number of carbonyl (C=O) groups excluding carboxylic acids is 1. The standard InChI is InChI=1S/C18H22N4O2/c1-11-8-16(24-21-11)15-9-19-12(2)20-17(15)14-4-3-7-22(10-14)18(23)13-5-6-13/h8-9,13-14H,3-7,10H2,1-2H3/t14-/m0/s1. The molecule has 2 aliphatic rings. The summed E-state index contributed by atoms with van der Waals surface area (Å²) in [7, 11) is 0. The van der Waals surface area contributed by atoms with Gasteiger partial charge in [0, 0.05) is 37.2 Å². The highest BCUT2D eigenvalue weighted by Crippen LogP contribution is 2.36. The predicted molar refractivity (Wildman–Crippen MR) is 88.3 cm³/mol. The van der Waals surface area contributed by atoms with Gasteiger partial charge in [-0.05, 0) is 39.5 Å². The molecule has 2 aromatic heterocycles. The van der Waals surface area contributed by atoms with Gasteiger partial charge in [0.25, 0.3) is 0 Å². The quantitative estimate of drug-likeness (QED) is 0.867. The summed E-state index contributed by atoms with van der Waals surface area (Å²) in [5.41, 5.74) is 2.71. The fourth-order valence-corrected chi connectivity index (χ4v) is 3.47. The van der Waals surface area contributed by atoms with Crippen molar-refractivity contribution in [2.24, 2.45) is 5.92 Å². The lowest BCUT2D eigenvalue weighted by atomic mass is 9.91. The lowest BCUT2D eigenvalue weighted by Gasteiger charge is -2.33. The summed E-state index contributed by atoms with van der Waals surface area (Å²) < 4.78 is 5.43. The third kappa shape index (κ3) is 2.92. The van der Waals surface area contributed by atoms with E-state index in [9.17, 15) is 4.79 Å². The molecule has 0 N–H and O–H groups in total. The Labute approximate surface area is 141 Å². The van der Waals surface area contributed by atoms with E-state index in [-0.39, 0.29) is 11.8 Å². The zero-order chi connectivity index (χ0) is 16.7. The van der Waals surface area contributed by atoms with Crippen molar-refractivity contribution in [1.82, 2.24) is 20.0 Å². The molecule has 1 saturated carbocycles. The molecule has 126 valence electrons. The van der Waals surface area contributed by atoms with E-state index in [0.29, 0.717) is 11.7 Å². The third-order valence-corrected chi connectivity index (χ3v) is 4.88. The molecule has 0 unspecified atom stereocenters. The molecule has 1 saturated heterocycles. The van der Waals surface area contributed by atoms with Crippen molar-refractivity contribution in [2.75, 3.05) is 13.1 Å². The summed E-state index contributed by atoms with van der Waals surface area (Å²) in [4.78, 5) is 23.5. The number of aryl methyl sites for hydroxylation is 2. The van der Waals surface area contributed by atoms with E-state index in [0.717, 1.165) is 61.5 Å². The van der Waals surface area contributed by atoms with E-state index in [1.165, 1.54) is 0 Å². The van der Waals surface area contributed by atoms with E-state index in [1.54, 1.807) is 0 Å². The van der Waals surface area contributed by atoms with Crippen molar-refractivity contribution in [1.29, 1.82) is 0 Å². The van der Waals surface area contributed by atoms with Crippen molar-refractivity contribution < 1.29 is 9.32 Å². The van der Waals surface area contributed by atoms with Crippen LogP contribution in [0.4, 0.5) is 0 Å². The highest BCUT2D eigenvalue weighted by molar-refractivity contribution is 5.81. The third-order valence-electron chi connectivity index (χ3n) is 4.88. The number of hydrogen-bond donors (Lipinski definition) is 0. The summed E-state index contributed by atoms with van der Waals surface area (Å²) in [6.07, 6.45) is 5.97. The molecular weight excluding hydrogens is 304 g/mol. The molecule has 0 spiro atoms. The molecule has 3 heterocycles. The van der Waals surface area contributed by atoms with Gasteiger partial charge in [-0.3, -0.25) is 4.79 Å². The van der Waals surface area contributed by atoms with Crippen LogP contribution >= 0.6 is 0 Å². The van der Waals surface area contributed by atoms with Gasteiger partial charge >= 0.3 is 0 Å². The molecule has 6 heteroatoms. The van der Waals surface area contributed by atoms with Gasteiger partial charge in [-0.2, -0.15) is 0 Å². The summed E-state index contributed by atoms with van der Waals surface area (Å²) in [5, 5.41) is 3.98. The van der Waals surface area contributed by atoms with E-state index >= 15 is 0 Å². The fourth-order valence-electron chi connectivity index (χ4n) is 3.47. The van der Waals surface area contributed by atoms with Crippen LogP contribution in [0.25, 0.3) is 11.3 Å². The number of aromatic nitrogens is 3. The van der Waals surface area contributed by atoms with Crippen LogP contribution < -0.4 is 0 Å². The Hall–Kier alpha value is -2.24. The minimum atomic E-state index is 0.226. The number of amides is 1. The lowest BCUT2D eigenvalue weighted by Crippen LogP contribution is -2.40. The molecule has 1 amide bonds. The number of carbonyl (C=O) groups is 1. The molecule has 6 nitrogen and oxygen atoms in total. The number of hydrogen-bond acceptors (Lipinski definition) is 5. The number of rotatable bonds is 3. The van der Waals surface area contributed by atoms with Crippen molar-refractivity contribution in [3.8, 4) is 11.3 Å². The van der Waals surface area contributed by atoms with Crippen LogP contribution in [-0.4, -0.2) is 39.0 Å². The highest BCUT2D eigenvalue weighted by Gasteiger charge is 2.36. The number of nitrogens with zero attached hydrogens (tertiary/aromatic N) is 4. The number of piperidine rings is 1. The molecule has 2 fully saturated rings. The first-order valence-corrected chi connectivity index (χ1v) is 8.68. The maximum absolute atomic E-state index is 12.4. The second-order valence-electron chi connectivity index (χ2n) is 6.95. The Morgan fingerprint density at radius 1 is 1.29 bits per heavy atom. The summed E-state index contributed by atoms with van der Waals surface area (Å²) in [5.74, 6) is 2.27. The minimum Gasteiger partial charge on any atom is -0.356 e. The van der Waals surface area contributed by atoms with Crippen LogP contribution in [0, 0.1) is 19.8 Å². The Balaban J connectivity index is 1.64. The van der Waals surface area contributed by atoms with Crippen molar-refractivity contribution in [3.05, 3.63) is 29.5 Å². The Morgan fingerprint density at radius 2 is 2.12 bits per heavy atom.